The summed E-state index contributed by atoms with van der Waals surface area (Å²) in [4.78, 5) is 24.5. The fourth-order valence-electron chi connectivity index (χ4n) is 2.06. The molecule has 104 valence electrons. The van der Waals surface area contributed by atoms with Crippen molar-refractivity contribution in [1.82, 2.24) is 10.2 Å². The Morgan fingerprint density at radius 3 is 2.44 bits per heavy atom. The molecule has 0 radical (unpaired) electrons. The number of hydrogen-bond donors (Lipinski definition) is 3. The lowest BCUT2D eigenvalue weighted by atomic mass is 9.97. The van der Waals surface area contributed by atoms with Crippen LogP contribution in [-0.2, 0) is 4.79 Å². The third-order valence-electron chi connectivity index (χ3n) is 3.36. The zero-order valence-electron chi connectivity index (χ0n) is 11.1. The number of aliphatic hydroxyl groups excluding tert-OH is 1. The Balaban J connectivity index is 2.57. The highest BCUT2D eigenvalue weighted by Gasteiger charge is 2.30. The molecule has 1 rings (SSSR count). The van der Waals surface area contributed by atoms with Crippen molar-refractivity contribution in [1.29, 1.82) is 0 Å². The zero-order chi connectivity index (χ0) is 13.9. The minimum atomic E-state index is -1.02. The molecule has 3 N–H and O–H groups in total. The number of aliphatic carboxylic acids is 1. The number of aliphatic hydroxyl groups is 1. The number of piperidine rings is 1. The number of carboxylic acids is 1. The van der Waals surface area contributed by atoms with Crippen molar-refractivity contribution in [2.45, 2.75) is 39.3 Å². The molecule has 0 aromatic rings. The van der Waals surface area contributed by atoms with E-state index in [4.69, 9.17) is 5.11 Å². The first kappa shape index (κ1) is 14.8. The van der Waals surface area contributed by atoms with Gasteiger partial charge < -0.3 is 20.4 Å². The first-order chi connectivity index (χ1) is 8.32. The summed E-state index contributed by atoms with van der Waals surface area (Å²) in [5.74, 6) is -1.17. The van der Waals surface area contributed by atoms with Crippen molar-refractivity contribution in [3.63, 3.8) is 0 Å². The van der Waals surface area contributed by atoms with Gasteiger partial charge in [0.15, 0.2) is 0 Å². The number of urea groups is 1. The van der Waals surface area contributed by atoms with Crippen molar-refractivity contribution in [3.05, 3.63) is 0 Å². The molecule has 6 heteroatoms. The molecule has 0 saturated carbocycles. The second-order valence-electron chi connectivity index (χ2n) is 5.29. The van der Waals surface area contributed by atoms with Gasteiger partial charge in [0, 0.05) is 13.1 Å². The second-order valence-corrected chi connectivity index (χ2v) is 5.29. The summed E-state index contributed by atoms with van der Waals surface area (Å²) in [7, 11) is 0. The van der Waals surface area contributed by atoms with E-state index in [9.17, 15) is 14.7 Å². The van der Waals surface area contributed by atoms with E-state index in [0.29, 0.717) is 19.5 Å². The number of carbonyl (C=O) groups is 2. The van der Waals surface area contributed by atoms with Crippen LogP contribution in [0.2, 0.25) is 0 Å². The lowest BCUT2D eigenvalue weighted by Gasteiger charge is -2.35. The van der Waals surface area contributed by atoms with Gasteiger partial charge in [0.25, 0.3) is 0 Å². The Morgan fingerprint density at radius 1 is 1.39 bits per heavy atom. The van der Waals surface area contributed by atoms with E-state index in [0.717, 1.165) is 0 Å². The van der Waals surface area contributed by atoms with Crippen LogP contribution >= 0.6 is 0 Å². The van der Waals surface area contributed by atoms with Crippen molar-refractivity contribution in [3.8, 4) is 0 Å². The molecular weight excluding hydrogens is 236 g/mol. The van der Waals surface area contributed by atoms with Crippen LogP contribution in [0.4, 0.5) is 4.79 Å². The summed E-state index contributed by atoms with van der Waals surface area (Å²) in [5.41, 5.74) is 0. The maximum absolute atomic E-state index is 11.9. The highest BCUT2D eigenvalue weighted by atomic mass is 16.4. The lowest BCUT2D eigenvalue weighted by molar-refractivity contribution is -0.140. The molecule has 18 heavy (non-hydrogen) atoms. The molecular formula is C12H22N2O4. The average molecular weight is 258 g/mol. The first-order valence-electron chi connectivity index (χ1n) is 6.29. The smallest absolute Gasteiger partial charge is 0.326 e. The molecule has 6 nitrogen and oxygen atoms in total. The van der Waals surface area contributed by atoms with Gasteiger partial charge in [0.2, 0.25) is 0 Å². The number of carbonyl (C=O) groups excluding carboxylic acids is 1. The van der Waals surface area contributed by atoms with Crippen molar-refractivity contribution >= 4 is 12.0 Å². The number of nitrogens with one attached hydrogen (secondary N) is 1. The standard InChI is InChI=1S/C12H22N2O4/c1-7(2)10(11(16)17)13-12(18)14-5-4-9(15)8(3)6-14/h7-10,15H,4-6H2,1-3H3,(H,13,18)(H,16,17). The summed E-state index contributed by atoms with van der Waals surface area (Å²) in [6.45, 7) is 6.30. The zero-order valence-corrected chi connectivity index (χ0v) is 11.1. The van der Waals surface area contributed by atoms with Gasteiger partial charge in [-0.15, -0.1) is 0 Å². The van der Waals surface area contributed by atoms with Crippen LogP contribution in [-0.4, -0.2) is 52.3 Å². The molecule has 1 saturated heterocycles. The van der Waals surface area contributed by atoms with Gasteiger partial charge in [-0.1, -0.05) is 20.8 Å². The monoisotopic (exact) mass is 258 g/mol. The Hall–Kier alpha value is -1.30. The largest absolute Gasteiger partial charge is 0.480 e. The van der Waals surface area contributed by atoms with Gasteiger partial charge in [0.05, 0.1) is 6.10 Å². The van der Waals surface area contributed by atoms with Crippen LogP contribution in [0.15, 0.2) is 0 Å². The third-order valence-corrected chi connectivity index (χ3v) is 3.36. The molecule has 0 aromatic carbocycles. The van der Waals surface area contributed by atoms with Gasteiger partial charge in [-0.2, -0.15) is 0 Å². The minimum Gasteiger partial charge on any atom is -0.480 e. The Labute approximate surface area is 107 Å². The summed E-state index contributed by atoms with van der Waals surface area (Å²) in [6, 6.07) is -1.24. The normalized spacial score (nSPS) is 25.9. The molecule has 1 aliphatic rings. The SMILES string of the molecule is CC(C)C(NC(=O)N1CCC(O)C(C)C1)C(=O)O. The predicted molar refractivity (Wildman–Crippen MR) is 66.2 cm³/mol. The fourth-order valence-corrected chi connectivity index (χ4v) is 2.06. The van der Waals surface area contributed by atoms with Crippen molar-refractivity contribution in [2.75, 3.05) is 13.1 Å². The number of nitrogens with zero attached hydrogens (tertiary/aromatic N) is 1. The minimum absolute atomic E-state index is 0.0202. The summed E-state index contributed by atoms with van der Waals surface area (Å²) < 4.78 is 0. The summed E-state index contributed by atoms with van der Waals surface area (Å²) in [5, 5.41) is 21.1. The van der Waals surface area contributed by atoms with Crippen LogP contribution < -0.4 is 5.32 Å². The highest BCUT2D eigenvalue weighted by Crippen LogP contribution is 2.16. The van der Waals surface area contributed by atoms with Gasteiger partial charge in [-0.25, -0.2) is 9.59 Å². The van der Waals surface area contributed by atoms with Gasteiger partial charge in [0.1, 0.15) is 6.04 Å². The van der Waals surface area contributed by atoms with E-state index >= 15 is 0 Å². The number of amides is 2. The van der Waals surface area contributed by atoms with Crippen molar-refractivity contribution < 1.29 is 19.8 Å². The van der Waals surface area contributed by atoms with E-state index in [2.05, 4.69) is 5.32 Å². The molecule has 0 aromatic heterocycles. The van der Waals surface area contributed by atoms with Crippen LogP contribution in [0, 0.1) is 11.8 Å². The summed E-state index contributed by atoms with van der Waals surface area (Å²) in [6.07, 6.45) is 0.156. The molecule has 0 bridgehead atoms. The van der Waals surface area contributed by atoms with Crippen LogP contribution in [0.3, 0.4) is 0 Å². The van der Waals surface area contributed by atoms with Crippen LogP contribution in [0.25, 0.3) is 0 Å². The second kappa shape index (κ2) is 6.04. The Bertz CT molecular complexity index is 319. The molecule has 1 heterocycles. The Kier molecular flexibility index (Phi) is 4.95. The first-order valence-corrected chi connectivity index (χ1v) is 6.29. The topological polar surface area (TPSA) is 89.9 Å². The van der Waals surface area contributed by atoms with Crippen LogP contribution in [0.1, 0.15) is 27.2 Å². The molecule has 2 amide bonds. The van der Waals surface area contributed by atoms with Gasteiger partial charge >= 0.3 is 12.0 Å². The van der Waals surface area contributed by atoms with E-state index < -0.39 is 12.0 Å². The van der Waals surface area contributed by atoms with E-state index in [1.54, 1.807) is 18.7 Å². The van der Waals surface area contributed by atoms with Gasteiger partial charge in [-0.3, -0.25) is 0 Å². The molecule has 0 spiro atoms. The average Bonchev–Trinajstić information content (AvgIpc) is 2.28. The molecule has 1 fully saturated rings. The third kappa shape index (κ3) is 3.60. The lowest BCUT2D eigenvalue weighted by Crippen LogP contribution is -2.54. The molecule has 0 aliphatic carbocycles. The molecule has 1 aliphatic heterocycles. The maximum Gasteiger partial charge on any atom is 0.326 e. The fraction of sp³-hybridized carbons (Fsp3) is 0.833. The number of rotatable bonds is 3. The predicted octanol–water partition coefficient (Wildman–Crippen LogP) is 0.508. The molecule has 3 unspecified atom stereocenters. The quantitative estimate of drug-likeness (QED) is 0.688. The van der Waals surface area contributed by atoms with E-state index in [1.165, 1.54) is 0 Å². The molecule has 3 atom stereocenters. The Morgan fingerprint density at radius 2 is 2.00 bits per heavy atom. The van der Waals surface area contributed by atoms with E-state index in [-0.39, 0.29) is 24.0 Å². The van der Waals surface area contributed by atoms with Crippen molar-refractivity contribution in [2.24, 2.45) is 11.8 Å². The maximum atomic E-state index is 11.9. The summed E-state index contributed by atoms with van der Waals surface area (Å²) >= 11 is 0. The highest BCUT2D eigenvalue weighted by molar-refractivity contribution is 5.82. The van der Waals surface area contributed by atoms with E-state index in [1.807, 2.05) is 6.92 Å². The van der Waals surface area contributed by atoms with Gasteiger partial charge in [-0.05, 0) is 18.3 Å². The number of hydrogen-bond acceptors (Lipinski definition) is 3. The van der Waals surface area contributed by atoms with Crippen LogP contribution in [0.5, 0.6) is 0 Å². The number of likely N-dealkylation sites (tertiary alicyclic amines) is 1. The number of carboxylic acid groups (broad SMARTS) is 1.